The van der Waals surface area contributed by atoms with Crippen LogP contribution in [0.4, 0.5) is 45.5 Å². The summed E-state index contributed by atoms with van der Waals surface area (Å²) < 4.78 is 6.75. The summed E-state index contributed by atoms with van der Waals surface area (Å²) in [5.41, 5.74) is 28.3. The van der Waals surface area contributed by atoms with Crippen LogP contribution in [-0.4, -0.2) is 12.3 Å². The van der Waals surface area contributed by atoms with E-state index in [1.54, 1.807) is 0 Å². The van der Waals surface area contributed by atoms with Gasteiger partial charge in [-0.05, 0) is 189 Å². The Bertz CT molecular complexity index is 4160. The van der Waals surface area contributed by atoms with Gasteiger partial charge in [0.2, 0.25) is 0 Å². The standard InChI is InChI=1S/C75H78BN3O/c1-45-37-64-68-65(38-45)78(48-26-29-51-50-21-15-18-24-66(50)80-67(51)42-48)63-44-57-56(72(9,10)53-22-16-17-23-54(53)73(57,11)12)43-60(63)76(68)59-31-28-49(41-62(59)77(64)47-27-30-52-55(40-47)71(7,8)36-35-70(52,5)6)79-61-32-25-46(69(2,3)4)39-58(61)74(13)33-19-20-34-75(74,79)14/h15-18,21-32,37-44H,19-20,33-36H2,1-14H3. The van der Waals surface area contributed by atoms with Crippen LogP contribution in [-0.2, 0) is 32.5 Å². The van der Waals surface area contributed by atoms with Crippen LogP contribution in [0.1, 0.15) is 179 Å². The molecule has 402 valence electrons. The van der Waals surface area contributed by atoms with Gasteiger partial charge in [0, 0.05) is 78.6 Å². The highest BCUT2D eigenvalue weighted by molar-refractivity contribution is 7.00. The van der Waals surface area contributed by atoms with Crippen LogP contribution < -0.4 is 31.1 Å². The van der Waals surface area contributed by atoms with Gasteiger partial charge in [-0.3, -0.25) is 0 Å². The highest BCUT2D eigenvalue weighted by Crippen LogP contribution is 2.62. The summed E-state index contributed by atoms with van der Waals surface area (Å²) in [6.07, 6.45) is 7.17. The molecule has 6 aliphatic rings. The van der Waals surface area contributed by atoms with E-state index in [9.17, 15) is 0 Å². The van der Waals surface area contributed by atoms with E-state index in [-0.39, 0.29) is 44.7 Å². The number of furan rings is 1. The topological polar surface area (TPSA) is 22.9 Å². The molecule has 3 aliphatic carbocycles. The quantitative estimate of drug-likeness (QED) is 0.165. The van der Waals surface area contributed by atoms with Gasteiger partial charge in [0.25, 0.3) is 6.71 Å². The first kappa shape index (κ1) is 50.0. The van der Waals surface area contributed by atoms with Gasteiger partial charge in [-0.25, -0.2) is 0 Å². The molecule has 1 fully saturated rings. The molecule has 15 rings (SSSR count). The zero-order chi connectivity index (χ0) is 55.6. The zero-order valence-electron chi connectivity index (χ0n) is 49.9. The first-order chi connectivity index (χ1) is 37.9. The normalized spacial score (nSPS) is 22.2. The number of para-hydroxylation sites is 1. The fourth-order valence-corrected chi connectivity index (χ4v) is 16.9. The fourth-order valence-electron chi connectivity index (χ4n) is 16.9. The Morgan fingerprint density at radius 3 is 1.75 bits per heavy atom. The number of fused-ring (bicyclic) bond motifs is 13. The Labute approximate surface area is 476 Å². The number of nitrogens with zero attached hydrogens (tertiary/aromatic N) is 3. The van der Waals surface area contributed by atoms with E-state index in [1.807, 2.05) is 0 Å². The first-order valence-corrected chi connectivity index (χ1v) is 30.1. The number of benzene rings is 8. The summed E-state index contributed by atoms with van der Waals surface area (Å²) in [5.74, 6) is 0. The molecule has 0 N–H and O–H groups in total. The molecule has 0 amide bonds. The van der Waals surface area contributed by atoms with Gasteiger partial charge in [0.05, 0.1) is 5.54 Å². The zero-order valence-corrected chi connectivity index (χ0v) is 49.9. The lowest BCUT2D eigenvalue weighted by Gasteiger charge is -2.51. The maximum atomic E-state index is 6.75. The van der Waals surface area contributed by atoms with Crippen molar-refractivity contribution in [2.75, 3.05) is 14.7 Å². The number of aryl methyl sites for hydroxylation is 1. The van der Waals surface area contributed by atoms with Crippen LogP contribution in [0.2, 0.25) is 0 Å². The number of anilines is 8. The maximum Gasteiger partial charge on any atom is 0.252 e. The van der Waals surface area contributed by atoms with Crippen LogP contribution in [0.15, 0.2) is 150 Å². The van der Waals surface area contributed by atoms with E-state index in [0.717, 1.165) is 40.5 Å². The predicted octanol–water partition coefficient (Wildman–Crippen LogP) is 18.3. The summed E-state index contributed by atoms with van der Waals surface area (Å²) in [6, 6.07) is 57.7. The van der Waals surface area contributed by atoms with Crippen molar-refractivity contribution < 1.29 is 4.42 Å². The summed E-state index contributed by atoms with van der Waals surface area (Å²) in [5, 5.41) is 2.29. The Hall–Kier alpha value is -6.98. The number of rotatable bonds is 3. The lowest BCUT2D eigenvalue weighted by molar-refractivity contribution is 0.195. The molecule has 4 heterocycles. The van der Waals surface area contributed by atoms with Crippen molar-refractivity contribution in [1.82, 2.24) is 0 Å². The lowest BCUT2D eigenvalue weighted by atomic mass is 9.33. The molecule has 0 spiro atoms. The molecule has 1 saturated carbocycles. The molecular formula is C75H78BN3O. The van der Waals surface area contributed by atoms with E-state index < -0.39 is 0 Å². The molecule has 5 heteroatoms. The van der Waals surface area contributed by atoms with Crippen LogP contribution in [0, 0.1) is 6.92 Å². The van der Waals surface area contributed by atoms with Crippen molar-refractivity contribution in [3.05, 3.63) is 196 Å². The average molecular weight is 1050 g/mol. The summed E-state index contributed by atoms with van der Waals surface area (Å²) in [4.78, 5) is 8.13. The van der Waals surface area contributed by atoms with Gasteiger partial charge in [-0.2, -0.15) is 0 Å². The first-order valence-electron chi connectivity index (χ1n) is 30.1. The Balaban J connectivity index is 1.03. The highest BCUT2D eigenvalue weighted by atomic mass is 16.3. The SMILES string of the molecule is Cc1cc2c3c(c1)N(c1ccc4c(c1)oc1ccccc14)c1cc4c(cc1B3c1ccc(N3c5ccc(C(C)(C)C)cc5C5(C)CCCCC35C)cc1N2c1ccc2c(c1)C(C)(C)CCC2(C)C)C(C)(C)c1ccccc1C4(C)C. The molecule has 0 radical (unpaired) electrons. The van der Waals surface area contributed by atoms with E-state index in [2.05, 4.69) is 257 Å². The van der Waals surface area contributed by atoms with Gasteiger partial charge in [-0.1, -0.05) is 169 Å². The number of hydrogen-bond acceptors (Lipinski definition) is 4. The third kappa shape index (κ3) is 6.58. The van der Waals surface area contributed by atoms with Gasteiger partial charge in [0.15, 0.2) is 0 Å². The second-order valence-electron chi connectivity index (χ2n) is 29.2. The Kier molecular flexibility index (Phi) is 10.1. The van der Waals surface area contributed by atoms with Gasteiger partial charge in [0.1, 0.15) is 11.2 Å². The van der Waals surface area contributed by atoms with E-state index in [1.165, 1.54) is 132 Å². The van der Waals surface area contributed by atoms with Gasteiger partial charge in [-0.15, -0.1) is 0 Å². The van der Waals surface area contributed by atoms with Crippen molar-refractivity contribution in [2.45, 2.75) is 173 Å². The summed E-state index contributed by atoms with van der Waals surface area (Å²) in [7, 11) is 0. The van der Waals surface area contributed by atoms with Crippen molar-refractivity contribution >= 4 is 90.5 Å². The largest absolute Gasteiger partial charge is 0.456 e. The Morgan fingerprint density at radius 1 is 0.438 bits per heavy atom. The smallest absolute Gasteiger partial charge is 0.252 e. The lowest BCUT2D eigenvalue weighted by Crippen LogP contribution is -2.62. The van der Waals surface area contributed by atoms with E-state index >= 15 is 0 Å². The van der Waals surface area contributed by atoms with E-state index in [0.29, 0.717) is 0 Å². The second-order valence-corrected chi connectivity index (χ2v) is 29.2. The van der Waals surface area contributed by atoms with Crippen molar-refractivity contribution in [3.63, 3.8) is 0 Å². The molecule has 80 heavy (non-hydrogen) atoms. The van der Waals surface area contributed by atoms with Crippen LogP contribution in [0.25, 0.3) is 21.9 Å². The maximum absolute atomic E-state index is 6.75. The fraction of sp³-hybridized carbons (Fsp3) is 0.360. The average Bonchev–Trinajstić information content (AvgIpc) is 3.98. The highest BCUT2D eigenvalue weighted by Gasteiger charge is 2.58. The van der Waals surface area contributed by atoms with Crippen molar-refractivity contribution in [3.8, 4) is 0 Å². The van der Waals surface area contributed by atoms with Crippen LogP contribution in [0.3, 0.4) is 0 Å². The third-order valence-electron chi connectivity index (χ3n) is 21.9. The molecule has 4 nitrogen and oxygen atoms in total. The van der Waals surface area contributed by atoms with Crippen molar-refractivity contribution in [2.24, 2.45) is 0 Å². The molecule has 0 saturated heterocycles. The summed E-state index contributed by atoms with van der Waals surface area (Å²) >= 11 is 0. The van der Waals surface area contributed by atoms with Gasteiger partial charge < -0.3 is 19.1 Å². The van der Waals surface area contributed by atoms with Crippen LogP contribution in [0.5, 0.6) is 0 Å². The number of hydrogen-bond donors (Lipinski definition) is 0. The van der Waals surface area contributed by atoms with E-state index in [4.69, 9.17) is 4.42 Å². The van der Waals surface area contributed by atoms with Crippen molar-refractivity contribution in [1.29, 1.82) is 0 Å². The molecule has 3 aliphatic heterocycles. The molecule has 0 bridgehead atoms. The molecule has 2 unspecified atom stereocenters. The second kappa shape index (κ2) is 16.1. The molecule has 2 atom stereocenters. The molecular weight excluding hydrogens is 970 g/mol. The monoisotopic (exact) mass is 1050 g/mol. The van der Waals surface area contributed by atoms with Crippen LogP contribution >= 0.6 is 0 Å². The third-order valence-corrected chi connectivity index (χ3v) is 21.9. The Morgan fingerprint density at radius 2 is 1.04 bits per heavy atom. The molecule has 8 aromatic carbocycles. The minimum Gasteiger partial charge on any atom is -0.456 e. The molecule has 9 aromatic rings. The molecule has 1 aromatic heterocycles. The minimum atomic E-state index is -0.239. The predicted molar refractivity (Wildman–Crippen MR) is 340 cm³/mol. The van der Waals surface area contributed by atoms with Gasteiger partial charge >= 0.3 is 0 Å². The minimum absolute atomic E-state index is 0.00235. The summed E-state index contributed by atoms with van der Waals surface area (Å²) in [6.45, 7) is 34.3.